The van der Waals surface area contributed by atoms with Gasteiger partial charge in [0.1, 0.15) is 5.75 Å². The molecule has 3 aromatic rings. The molecule has 0 saturated carbocycles. The van der Waals surface area contributed by atoms with Crippen LogP contribution in [0.1, 0.15) is 39.5 Å². The van der Waals surface area contributed by atoms with Crippen molar-refractivity contribution in [2.75, 3.05) is 33.4 Å². The first kappa shape index (κ1) is 22.7. The Hall–Kier alpha value is -4.07. The molecule has 0 spiro atoms. The van der Waals surface area contributed by atoms with E-state index in [1.165, 1.54) is 0 Å². The largest absolute Gasteiger partial charge is 0.494 e. The molecule has 1 N–H and O–H groups in total. The molecule has 35 heavy (non-hydrogen) atoms. The summed E-state index contributed by atoms with van der Waals surface area (Å²) in [6.07, 6.45) is 4.55. The fraction of sp³-hybridized carbons (Fsp3) is 0.296. The minimum atomic E-state index is -0.353. The Bertz CT molecular complexity index is 1230. The highest BCUT2D eigenvalue weighted by Crippen LogP contribution is 2.42. The lowest BCUT2D eigenvalue weighted by atomic mass is 9.87. The van der Waals surface area contributed by atoms with E-state index < -0.39 is 0 Å². The first-order valence-electron chi connectivity index (χ1n) is 11.7. The van der Waals surface area contributed by atoms with Crippen LogP contribution in [0.4, 0.5) is 0 Å². The zero-order valence-corrected chi connectivity index (χ0v) is 19.5. The smallest absolute Gasteiger partial charge is 0.257 e. The van der Waals surface area contributed by atoms with Gasteiger partial charge in [0.15, 0.2) is 18.1 Å². The molecule has 8 nitrogen and oxygen atoms in total. The molecule has 0 radical (unpaired) electrons. The lowest BCUT2D eigenvalue weighted by Crippen LogP contribution is -2.40. The monoisotopic (exact) mass is 473 g/mol. The minimum Gasteiger partial charge on any atom is -0.494 e. The van der Waals surface area contributed by atoms with Crippen molar-refractivity contribution in [3.8, 4) is 17.2 Å². The molecule has 8 heteroatoms. The molecule has 180 valence electrons. The highest BCUT2D eigenvalue weighted by molar-refractivity contribution is 5.94. The van der Waals surface area contributed by atoms with Gasteiger partial charge < -0.3 is 24.4 Å². The van der Waals surface area contributed by atoms with Crippen LogP contribution in [0.25, 0.3) is 0 Å². The normalized spacial score (nSPS) is 17.7. The average Bonchev–Trinajstić information content (AvgIpc) is 2.90. The zero-order valence-electron chi connectivity index (χ0n) is 19.5. The maximum atomic E-state index is 13.6. The minimum absolute atomic E-state index is 0.0922. The number of nitrogens with zero attached hydrogens (tertiary/aromatic N) is 2. The summed E-state index contributed by atoms with van der Waals surface area (Å²) in [6.45, 7) is 1.35. The molecule has 0 aliphatic carbocycles. The number of ether oxygens (including phenoxy) is 3. The molecule has 6 bridgehead atoms. The van der Waals surface area contributed by atoms with Gasteiger partial charge in [0.2, 0.25) is 0 Å². The van der Waals surface area contributed by atoms with Gasteiger partial charge in [-0.05, 0) is 65.9 Å². The Labute approximate surface area is 203 Å². The van der Waals surface area contributed by atoms with Crippen molar-refractivity contribution in [1.82, 2.24) is 15.2 Å². The number of benzene rings is 2. The Kier molecular flexibility index (Phi) is 6.52. The highest BCUT2D eigenvalue weighted by atomic mass is 16.5. The third-order valence-corrected chi connectivity index (χ3v) is 6.27. The van der Waals surface area contributed by atoms with E-state index in [-0.39, 0.29) is 24.5 Å². The van der Waals surface area contributed by atoms with Crippen LogP contribution < -0.4 is 19.5 Å². The van der Waals surface area contributed by atoms with Crippen LogP contribution in [0.5, 0.6) is 17.2 Å². The molecule has 2 aromatic carbocycles. The maximum Gasteiger partial charge on any atom is 0.257 e. The van der Waals surface area contributed by atoms with Crippen LogP contribution >= 0.6 is 0 Å². The summed E-state index contributed by atoms with van der Waals surface area (Å²) in [5.74, 6) is 1.44. The first-order valence-corrected chi connectivity index (χ1v) is 11.7. The van der Waals surface area contributed by atoms with Crippen LogP contribution in [-0.2, 0) is 11.2 Å². The lowest BCUT2D eigenvalue weighted by Gasteiger charge is -2.38. The van der Waals surface area contributed by atoms with E-state index in [0.717, 1.165) is 16.7 Å². The van der Waals surface area contributed by atoms with Crippen LogP contribution in [0.2, 0.25) is 0 Å². The highest BCUT2D eigenvalue weighted by Gasteiger charge is 2.34. The summed E-state index contributed by atoms with van der Waals surface area (Å²) < 4.78 is 17.4. The van der Waals surface area contributed by atoms with Gasteiger partial charge in [-0.2, -0.15) is 0 Å². The van der Waals surface area contributed by atoms with Crippen molar-refractivity contribution in [3.63, 3.8) is 0 Å². The van der Waals surface area contributed by atoms with E-state index in [9.17, 15) is 9.59 Å². The molecular weight excluding hydrogens is 446 g/mol. The third-order valence-electron chi connectivity index (χ3n) is 6.27. The van der Waals surface area contributed by atoms with Crippen molar-refractivity contribution in [1.29, 1.82) is 0 Å². The summed E-state index contributed by atoms with van der Waals surface area (Å²) in [7, 11) is 1.57. The third kappa shape index (κ3) is 4.77. The van der Waals surface area contributed by atoms with Crippen LogP contribution in [0, 0.1) is 0 Å². The number of carbonyl (C=O) groups is 2. The standard InChI is InChI=1S/C27H27N3O5/c1-33-23-15-22-18-8-11-30(27(32)20-6-3-9-28-16-20)26(22)19-5-2-7-21(13-19)34-12-4-10-29-25(31)17-35-24(23)14-18/h2-3,5-7,9,13-16,26H,4,8,10-12,17H2,1H3,(H,29,31). The number of aromatic nitrogens is 1. The number of rotatable bonds is 2. The van der Waals surface area contributed by atoms with E-state index in [0.29, 0.717) is 55.4 Å². The Morgan fingerprint density at radius 1 is 1.17 bits per heavy atom. The molecule has 6 rings (SSSR count). The predicted octanol–water partition coefficient (Wildman–Crippen LogP) is 3.16. The van der Waals surface area contributed by atoms with E-state index in [2.05, 4.69) is 10.3 Å². The quantitative estimate of drug-likeness (QED) is 0.615. The van der Waals surface area contributed by atoms with E-state index in [1.807, 2.05) is 41.3 Å². The van der Waals surface area contributed by atoms with Gasteiger partial charge in [0.25, 0.3) is 11.8 Å². The van der Waals surface area contributed by atoms with Crippen molar-refractivity contribution in [3.05, 3.63) is 83.2 Å². The average molecular weight is 474 g/mol. The Balaban J connectivity index is 1.63. The van der Waals surface area contributed by atoms with E-state index in [4.69, 9.17) is 14.2 Å². The van der Waals surface area contributed by atoms with Crippen molar-refractivity contribution in [2.45, 2.75) is 18.9 Å². The predicted molar refractivity (Wildman–Crippen MR) is 129 cm³/mol. The van der Waals surface area contributed by atoms with Gasteiger partial charge in [-0.15, -0.1) is 0 Å². The number of hydrogen-bond donors (Lipinski definition) is 1. The zero-order chi connectivity index (χ0) is 24.2. The number of amides is 2. The molecule has 2 amide bonds. The topological polar surface area (TPSA) is 90.0 Å². The Morgan fingerprint density at radius 2 is 2.09 bits per heavy atom. The van der Waals surface area contributed by atoms with Crippen LogP contribution in [0.3, 0.4) is 0 Å². The molecule has 1 unspecified atom stereocenters. The first-order chi connectivity index (χ1) is 17.1. The summed E-state index contributed by atoms with van der Waals surface area (Å²) in [4.78, 5) is 31.8. The molecular formula is C27H27N3O5. The molecule has 1 aromatic heterocycles. The fourth-order valence-electron chi connectivity index (χ4n) is 4.59. The maximum absolute atomic E-state index is 13.6. The second-order valence-electron chi connectivity index (χ2n) is 8.51. The summed E-state index contributed by atoms with van der Waals surface area (Å²) in [5.41, 5.74) is 3.47. The summed E-state index contributed by atoms with van der Waals surface area (Å²) >= 11 is 0. The number of methoxy groups -OCH3 is 1. The van der Waals surface area contributed by atoms with Gasteiger partial charge in [-0.3, -0.25) is 14.6 Å². The molecule has 1 atom stereocenters. The summed E-state index contributed by atoms with van der Waals surface area (Å²) in [6, 6.07) is 14.9. The van der Waals surface area contributed by atoms with Gasteiger partial charge >= 0.3 is 0 Å². The van der Waals surface area contributed by atoms with Gasteiger partial charge in [-0.1, -0.05) is 12.1 Å². The number of hydrogen-bond acceptors (Lipinski definition) is 6. The van der Waals surface area contributed by atoms with E-state index >= 15 is 0 Å². The van der Waals surface area contributed by atoms with Crippen molar-refractivity contribution < 1.29 is 23.8 Å². The molecule has 0 fully saturated rings. The number of nitrogens with one attached hydrogen (secondary N) is 1. The molecule has 3 aliphatic rings. The van der Waals surface area contributed by atoms with Crippen LogP contribution in [-0.4, -0.2) is 55.1 Å². The summed E-state index contributed by atoms with van der Waals surface area (Å²) in [5, 5.41) is 2.85. The van der Waals surface area contributed by atoms with Crippen molar-refractivity contribution >= 4 is 11.8 Å². The Morgan fingerprint density at radius 3 is 2.91 bits per heavy atom. The molecule has 3 aliphatic heterocycles. The van der Waals surface area contributed by atoms with Crippen molar-refractivity contribution in [2.24, 2.45) is 0 Å². The molecule has 0 saturated heterocycles. The van der Waals surface area contributed by atoms with Crippen LogP contribution in [0.15, 0.2) is 60.9 Å². The second-order valence-corrected chi connectivity index (χ2v) is 8.51. The molecule has 4 heterocycles. The number of carbonyl (C=O) groups excluding carboxylic acids is 2. The number of pyridine rings is 1. The fourth-order valence-corrected chi connectivity index (χ4v) is 4.59. The van der Waals surface area contributed by atoms with Gasteiger partial charge in [0, 0.05) is 25.5 Å². The second kappa shape index (κ2) is 10.0. The SMILES string of the molecule is COc1cc2c3cc1OCC(=O)NCCCOc1cccc(c1)C2N(C(=O)c1cccnc1)CC3. The van der Waals surface area contributed by atoms with Gasteiger partial charge in [0.05, 0.1) is 25.3 Å². The van der Waals surface area contributed by atoms with Gasteiger partial charge in [-0.25, -0.2) is 0 Å². The number of fused-ring (bicyclic) bond motifs is 8. The van der Waals surface area contributed by atoms with E-state index in [1.54, 1.807) is 31.6 Å². The lowest BCUT2D eigenvalue weighted by molar-refractivity contribution is -0.123.